The molecular formula is C27H40CoN3O3. The molecular weight excluding hydrogens is 473 g/mol. The summed E-state index contributed by atoms with van der Waals surface area (Å²) in [5.41, 5.74) is 1.72. The summed E-state index contributed by atoms with van der Waals surface area (Å²) in [6, 6.07) is 5.89. The second kappa shape index (κ2) is 13.9. The van der Waals surface area contributed by atoms with Gasteiger partial charge in [-0.3, -0.25) is 0 Å². The number of hydrogen-bond donors (Lipinski definition) is 3. The van der Waals surface area contributed by atoms with Crippen LogP contribution in [-0.4, -0.2) is 54.1 Å². The molecule has 0 aromatic heterocycles. The fourth-order valence-electron chi connectivity index (χ4n) is 6.07. The van der Waals surface area contributed by atoms with Crippen molar-refractivity contribution >= 4 is 11.8 Å². The van der Waals surface area contributed by atoms with Gasteiger partial charge in [0.05, 0.1) is 0 Å². The molecule has 1 aromatic rings. The van der Waals surface area contributed by atoms with Crippen LogP contribution in [0.15, 0.2) is 24.3 Å². The van der Waals surface area contributed by atoms with E-state index in [1.807, 2.05) is 18.2 Å². The van der Waals surface area contributed by atoms with Crippen LogP contribution in [0, 0.1) is 11.8 Å². The van der Waals surface area contributed by atoms with Gasteiger partial charge >= 0.3 is 16.8 Å². The third-order valence-corrected chi connectivity index (χ3v) is 7.80. The number of para-hydroxylation sites is 1. The number of aliphatic hydroxyl groups excluding tert-OH is 2. The Morgan fingerprint density at radius 3 is 1.88 bits per heavy atom. The molecule has 0 spiro atoms. The Bertz CT molecular complexity index is 741. The van der Waals surface area contributed by atoms with Crippen molar-refractivity contribution < 1.29 is 32.1 Å². The quantitative estimate of drug-likeness (QED) is 0.473. The van der Waals surface area contributed by atoms with Crippen LogP contribution < -0.4 is 10.4 Å². The second-order valence-electron chi connectivity index (χ2n) is 10.1. The van der Waals surface area contributed by atoms with E-state index in [1.165, 1.54) is 51.4 Å². The van der Waals surface area contributed by atoms with Crippen LogP contribution in [0.2, 0.25) is 0 Å². The van der Waals surface area contributed by atoms with E-state index >= 15 is 0 Å². The molecule has 5 aliphatic rings. The third-order valence-electron chi connectivity index (χ3n) is 7.80. The van der Waals surface area contributed by atoms with E-state index < -0.39 is 0 Å². The number of anilines is 1. The summed E-state index contributed by atoms with van der Waals surface area (Å²) in [6.07, 6.45) is 15.8. The van der Waals surface area contributed by atoms with Gasteiger partial charge in [0.15, 0.2) is 0 Å². The molecule has 3 aliphatic heterocycles. The molecule has 190 valence electrons. The topological polar surface area (TPSA) is 104 Å². The normalized spacial score (nSPS) is 33.6. The van der Waals surface area contributed by atoms with Crippen LogP contribution in [0.4, 0.5) is 5.69 Å². The zero-order chi connectivity index (χ0) is 23.0. The molecule has 6 nitrogen and oxygen atoms in total. The van der Waals surface area contributed by atoms with Crippen molar-refractivity contribution in [3.05, 3.63) is 40.5 Å². The van der Waals surface area contributed by atoms with E-state index in [2.05, 4.69) is 16.0 Å². The smallest absolute Gasteiger partial charge is 0.871 e. The van der Waals surface area contributed by atoms with E-state index in [0.29, 0.717) is 23.9 Å². The summed E-state index contributed by atoms with van der Waals surface area (Å²) < 4.78 is 0. The molecule has 6 unspecified atom stereocenters. The molecule has 3 heterocycles. The van der Waals surface area contributed by atoms with E-state index in [9.17, 15) is 15.3 Å². The van der Waals surface area contributed by atoms with Crippen LogP contribution in [0.3, 0.4) is 0 Å². The van der Waals surface area contributed by atoms with E-state index in [0.717, 1.165) is 43.7 Å². The largest absolute Gasteiger partial charge is 3.00 e. The standard InChI is InChI=1S/2C9H16NO.C9H9NO.Co/c3*11-8-5-1-3-7-4-2-6-10-9(7)8;/h2*7-9,11H,1-6H2;1-5,10-11H,6H2;/q2*-1;;+3/p-1. The summed E-state index contributed by atoms with van der Waals surface area (Å²) in [6.45, 7) is 2.72. The molecule has 34 heavy (non-hydrogen) atoms. The Morgan fingerprint density at radius 1 is 0.794 bits per heavy atom. The first-order chi connectivity index (χ1) is 16.1. The number of hydrogen-bond acceptors (Lipinski definition) is 4. The fourth-order valence-corrected chi connectivity index (χ4v) is 6.07. The molecule has 4 fully saturated rings. The molecule has 0 bridgehead atoms. The maximum absolute atomic E-state index is 11.2. The molecule has 6 rings (SSSR count). The van der Waals surface area contributed by atoms with Crippen LogP contribution in [0.5, 0.6) is 5.75 Å². The number of nitrogens with one attached hydrogen (secondary N) is 1. The predicted molar refractivity (Wildman–Crippen MR) is 133 cm³/mol. The number of nitrogens with zero attached hydrogens (tertiary/aromatic N) is 2. The number of piperidine rings is 2. The minimum atomic E-state index is -0.117. The van der Waals surface area contributed by atoms with Gasteiger partial charge in [-0.15, -0.1) is 25.2 Å². The van der Waals surface area contributed by atoms with E-state index in [1.54, 1.807) is 12.1 Å². The number of rotatable bonds is 0. The number of fused-ring (bicyclic) bond motifs is 3. The van der Waals surface area contributed by atoms with Gasteiger partial charge in [-0.05, 0) is 18.4 Å². The van der Waals surface area contributed by atoms with Crippen molar-refractivity contribution in [2.45, 2.75) is 88.5 Å². The molecule has 0 amide bonds. The van der Waals surface area contributed by atoms with Gasteiger partial charge in [0.2, 0.25) is 0 Å². The van der Waals surface area contributed by atoms with Gasteiger partial charge < -0.3 is 31.3 Å². The summed E-state index contributed by atoms with van der Waals surface area (Å²) in [5.74, 6) is 1.51. The van der Waals surface area contributed by atoms with Gasteiger partial charge in [0.25, 0.3) is 0 Å². The fraction of sp³-hybridized carbons (Fsp3) is 0.704. The minimum absolute atomic E-state index is 0. The molecule has 2 aliphatic carbocycles. The zero-order valence-corrected chi connectivity index (χ0v) is 21.1. The Labute approximate surface area is 215 Å². The summed E-state index contributed by atoms with van der Waals surface area (Å²) in [7, 11) is 0. The Hall–Kier alpha value is -1.09. The van der Waals surface area contributed by atoms with Crippen molar-refractivity contribution in [3.63, 3.8) is 0 Å². The molecule has 2 saturated heterocycles. The Balaban J connectivity index is 0.000000141. The van der Waals surface area contributed by atoms with E-state index in [4.69, 9.17) is 0 Å². The van der Waals surface area contributed by atoms with Crippen molar-refractivity contribution in [1.82, 2.24) is 0 Å². The second-order valence-corrected chi connectivity index (χ2v) is 10.1. The van der Waals surface area contributed by atoms with Gasteiger partial charge in [-0.25, -0.2) is 0 Å². The van der Waals surface area contributed by atoms with Crippen LogP contribution in [0.25, 0.3) is 16.7 Å². The zero-order valence-electron chi connectivity index (χ0n) is 20.1. The van der Waals surface area contributed by atoms with Crippen LogP contribution in [-0.2, 0) is 16.8 Å². The van der Waals surface area contributed by atoms with Crippen molar-refractivity contribution in [3.8, 4) is 5.75 Å². The van der Waals surface area contributed by atoms with Crippen LogP contribution >= 0.6 is 0 Å². The monoisotopic (exact) mass is 513 g/mol. The number of benzene rings is 1. The third kappa shape index (κ3) is 7.21. The average molecular weight is 514 g/mol. The molecule has 1 aromatic carbocycles. The first kappa shape index (κ1) is 27.5. The summed E-state index contributed by atoms with van der Waals surface area (Å²) in [4.78, 5) is 0. The average Bonchev–Trinajstić information content (AvgIpc) is 2.86. The maximum Gasteiger partial charge on any atom is 3.00 e. The maximum atomic E-state index is 11.2. The van der Waals surface area contributed by atoms with Gasteiger partial charge in [-0.2, -0.15) is 0 Å². The van der Waals surface area contributed by atoms with Gasteiger partial charge in [-0.1, -0.05) is 99.3 Å². The minimum Gasteiger partial charge on any atom is -0.871 e. The van der Waals surface area contributed by atoms with E-state index in [-0.39, 0.29) is 34.7 Å². The Morgan fingerprint density at radius 2 is 1.35 bits per heavy atom. The van der Waals surface area contributed by atoms with Gasteiger partial charge in [0.1, 0.15) is 0 Å². The molecule has 2 saturated carbocycles. The Kier molecular flexibility index (Phi) is 11.2. The molecule has 3 N–H and O–H groups in total. The van der Waals surface area contributed by atoms with Crippen molar-refractivity contribution in [2.24, 2.45) is 11.8 Å². The number of aliphatic hydroxyl groups is 2. The van der Waals surface area contributed by atoms with Gasteiger partial charge in [0, 0.05) is 24.4 Å². The molecule has 6 atom stereocenters. The predicted octanol–water partition coefficient (Wildman–Crippen LogP) is 4.56. The summed E-state index contributed by atoms with van der Waals surface area (Å²) in [5, 5.41) is 42.4. The summed E-state index contributed by atoms with van der Waals surface area (Å²) >= 11 is 0. The first-order valence-electron chi connectivity index (χ1n) is 13.0. The molecule has 0 radical (unpaired) electrons. The van der Waals surface area contributed by atoms with Crippen LogP contribution in [0.1, 0.15) is 69.8 Å². The SMILES string of the molecule is OC1CCCC2CCC[N-]C12.OC1CCCC2CCC[N-]C12.[Co+3].[O-]c1cccc2c1NCC=C2. The first-order valence-corrected chi connectivity index (χ1v) is 13.0. The van der Waals surface area contributed by atoms with Crippen molar-refractivity contribution in [2.75, 3.05) is 25.0 Å². The van der Waals surface area contributed by atoms with Crippen molar-refractivity contribution in [1.29, 1.82) is 0 Å². The molecule has 7 heteroatoms.